The lowest BCUT2D eigenvalue weighted by atomic mass is 9.99. The minimum absolute atomic E-state index is 0.0623. The standard InChI is InChI=1S/C26H36N4O7S/c1-15(2)13-18(27)20(31)14-30(19(23(34)28-3)10-11-22(32)33)26(37)21(38)9-6-12-29-24(35)16-7-4-5-8-17(16)25(29)36/h4-5,7-8,15,18-19,21,38H,6,9-14,27H2,1-3H3,(H,28,34)(H,32,33)/t18-,19-,21?/m0/s1. The predicted octanol–water partition coefficient (Wildman–Crippen LogP) is 1.11. The van der Waals surface area contributed by atoms with Crippen LogP contribution in [0.25, 0.3) is 0 Å². The van der Waals surface area contributed by atoms with Crippen LogP contribution in [0, 0.1) is 5.92 Å². The van der Waals surface area contributed by atoms with E-state index >= 15 is 0 Å². The summed E-state index contributed by atoms with van der Waals surface area (Å²) in [4.78, 5) is 77.5. The number of carbonyl (C=O) groups excluding carboxylic acids is 5. The molecule has 0 aromatic heterocycles. The second-order valence-electron chi connectivity index (χ2n) is 9.70. The molecule has 0 fully saturated rings. The second kappa shape index (κ2) is 14.1. The number of carbonyl (C=O) groups is 6. The Kier molecular flexibility index (Phi) is 11.5. The van der Waals surface area contributed by atoms with Crippen LogP contribution in [0.3, 0.4) is 0 Å². The SMILES string of the molecule is CNC(=O)[C@H](CCC(=O)O)N(CC(=O)[C@@H](N)CC(C)C)C(=O)C(S)CCCN1C(=O)c2ccccc2C1=O. The molecule has 1 unspecified atom stereocenters. The fraction of sp³-hybridized carbons (Fsp3) is 0.538. The van der Waals surface area contributed by atoms with Crippen LogP contribution in [-0.2, 0) is 19.2 Å². The lowest BCUT2D eigenvalue weighted by molar-refractivity contribution is -0.144. The van der Waals surface area contributed by atoms with E-state index in [2.05, 4.69) is 17.9 Å². The molecular weight excluding hydrogens is 512 g/mol. The molecular formula is C26H36N4O7S. The van der Waals surface area contributed by atoms with Gasteiger partial charge in [0, 0.05) is 20.0 Å². The van der Waals surface area contributed by atoms with Gasteiger partial charge in [0.1, 0.15) is 6.04 Å². The highest BCUT2D eigenvalue weighted by Gasteiger charge is 2.37. The Bertz CT molecular complexity index is 1040. The highest BCUT2D eigenvalue weighted by atomic mass is 32.1. The molecule has 3 atom stereocenters. The van der Waals surface area contributed by atoms with E-state index in [4.69, 9.17) is 10.8 Å². The first-order chi connectivity index (χ1) is 17.9. The molecule has 0 spiro atoms. The van der Waals surface area contributed by atoms with Crippen molar-refractivity contribution in [3.05, 3.63) is 35.4 Å². The number of carboxylic acids is 1. The second-order valence-corrected chi connectivity index (χ2v) is 10.3. The van der Waals surface area contributed by atoms with E-state index in [9.17, 15) is 28.8 Å². The first-order valence-corrected chi connectivity index (χ1v) is 13.1. The fourth-order valence-electron chi connectivity index (χ4n) is 4.32. The van der Waals surface area contributed by atoms with E-state index in [0.717, 1.165) is 9.80 Å². The normalized spacial score (nSPS) is 15.2. The molecule has 1 aliphatic rings. The number of carboxylic acid groups (broad SMARTS) is 1. The Morgan fingerprint density at radius 1 is 1.08 bits per heavy atom. The summed E-state index contributed by atoms with van der Waals surface area (Å²) in [7, 11) is 1.35. The number of likely N-dealkylation sites (N-methyl/N-ethyl adjacent to an activating group) is 1. The quantitative estimate of drug-likeness (QED) is 0.187. The molecule has 208 valence electrons. The Morgan fingerprint density at radius 3 is 2.16 bits per heavy atom. The van der Waals surface area contributed by atoms with E-state index < -0.39 is 65.7 Å². The Balaban J connectivity index is 2.15. The van der Waals surface area contributed by atoms with Gasteiger partial charge in [0.2, 0.25) is 11.8 Å². The number of aliphatic carboxylic acids is 1. The number of thiol groups is 1. The number of hydrogen-bond donors (Lipinski definition) is 4. The number of ketones is 1. The maximum atomic E-state index is 13.4. The highest BCUT2D eigenvalue weighted by Crippen LogP contribution is 2.23. The molecule has 1 aromatic carbocycles. The zero-order valence-electron chi connectivity index (χ0n) is 21.9. The number of benzene rings is 1. The molecule has 11 nitrogen and oxygen atoms in total. The molecule has 1 aliphatic heterocycles. The molecule has 4 N–H and O–H groups in total. The minimum Gasteiger partial charge on any atom is -0.481 e. The molecule has 1 heterocycles. The molecule has 1 aromatic rings. The number of nitrogens with two attached hydrogens (primary N) is 1. The Morgan fingerprint density at radius 2 is 1.66 bits per heavy atom. The molecule has 2 rings (SSSR count). The van der Waals surface area contributed by atoms with Crippen molar-refractivity contribution in [3.8, 4) is 0 Å². The van der Waals surface area contributed by atoms with E-state index in [-0.39, 0.29) is 31.7 Å². The lowest BCUT2D eigenvalue weighted by Crippen LogP contribution is -2.54. The van der Waals surface area contributed by atoms with Gasteiger partial charge in [-0.1, -0.05) is 26.0 Å². The Labute approximate surface area is 227 Å². The molecule has 0 bridgehead atoms. The average molecular weight is 549 g/mol. The van der Waals surface area contributed by atoms with Crippen molar-refractivity contribution in [2.24, 2.45) is 11.7 Å². The number of nitrogens with one attached hydrogen (secondary N) is 1. The van der Waals surface area contributed by atoms with Gasteiger partial charge in [0.15, 0.2) is 5.78 Å². The number of amides is 4. The topological polar surface area (TPSA) is 167 Å². The highest BCUT2D eigenvalue weighted by molar-refractivity contribution is 7.81. The van der Waals surface area contributed by atoms with Gasteiger partial charge < -0.3 is 21.1 Å². The third-order valence-electron chi connectivity index (χ3n) is 6.33. The summed E-state index contributed by atoms with van der Waals surface area (Å²) in [6.07, 6.45) is 0.163. The third kappa shape index (κ3) is 7.87. The summed E-state index contributed by atoms with van der Waals surface area (Å²) in [6.45, 7) is 3.38. The van der Waals surface area contributed by atoms with Gasteiger partial charge in [0.05, 0.1) is 29.0 Å². The van der Waals surface area contributed by atoms with Crippen LogP contribution in [0.5, 0.6) is 0 Å². The van der Waals surface area contributed by atoms with Crippen molar-refractivity contribution < 1.29 is 33.9 Å². The van der Waals surface area contributed by atoms with Crippen molar-refractivity contribution >= 4 is 48.0 Å². The summed E-state index contributed by atoms with van der Waals surface area (Å²) in [5.74, 6) is -3.56. The van der Waals surface area contributed by atoms with E-state index in [1.807, 2.05) is 13.8 Å². The molecule has 0 radical (unpaired) electrons. The first kappa shape index (κ1) is 31.0. The third-order valence-corrected chi connectivity index (χ3v) is 6.81. The molecule has 0 saturated heterocycles. The number of nitrogens with zero attached hydrogens (tertiary/aromatic N) is 2. The minimum atomic E-state index is -1.22. The largest absolute Gasteiger partial charge is 0.481 e. The monoisotopic (exact) mass is 548 g/mol. The summed E-state index contributed by atoms with van der Waals surface area (Å²) in [5, 5.41) is 10.6. The van der Waals surface area contributed by atoms with Gasteiger partial charge in [-0.3, -0.25) is 33.7 Å². The van der Waals surface area contributed by atoms with Crippen LogP contribution < -0.4 is 11.1 Å². The van der Waals surface area contributed by atoms with Crippen LogP contribution in [0.1, 0.15) is 66.7 Å². The first-order valence-electron chi connectivity index (χ1n) is 12.5. The van der Waals surface area contributed by atoms with E-state index in [0.29, 0.717) is 17.5 Å². The van der Waals surface area contributed by atoms with E-state index in [1.165, 1.54) is 7.05 Å². The summed E-state index contributed by atoms with van der Waals surface area (Å²) >= 11 is 4.40. The average Bonchev–Trinajstić information content (AvgIpc) is 3.11. The van der Waals surface area contributed by atoms with Gasteiger partial charge in [-0.15, -0.1) is 0 Å². The summed E-state index contributed by atoms with van der Waals surface area (Å²) in [6, 6.07) is 4.43. The zero-order chi connectivity index (χ0) is 28.6. The van der Waals surface area contributed by atoms with Crippen LogP contribution in [0.15, 0.2) is 24.3 Å². The van der Waals surface area contributed by atoms with Crippen molar-refractivity contribution in [2.45, 2.75) is 63.3 Å². The maximum Gasteiger partial charge on any atom is 0.303 e. The smallest absolute Gasteiger partial charge is 0.303 e. The number of imide groups is 1. The van der Waals surface area contributed by atoms with Crippen LogP contribution in [0.2, 0.25) is 0 Å². The Hall–Kier alpha value is -3.25. The maximum absolute atomic E-state index is 13.4. The van der Waals surface area contributed by atoms with Gasteiger partial charge in [-0.2, -0.15) is 12.6 Å². The van der Waals surface area contributed by atoms with Gasteiger partial charge in [-0.25, -0.2) is 0 Å². The van der Waals surface area contributed by atoms with Crippen LogP contribution in [-0.4, -0.2) is 87.8 Å². The van der Waals surface area contributed by atoms with Crippen molar-refractivity contribution in [2.75, 3.05) is 20.1 Å². The van der Waals surface area contributed by atoms with Crippen molar-refractivity contribution in [1.29, 1.82) is 0 Å². The van der Waals surface area contributed by atoms with E-state index in [1.54, 1.807) is 24.3 Å². The number of hydrogen-bond acceptors (Lipinski definition) is 8. The van der Waals surface area contributed by atoms with Crippen LogP contribution >= 0.6 is 12.6 Å². The molecule has 0 aliphatic carbocycles. The van der Waals surface area contributed by atoms with Crippen molar-refractivity contribution in [3.63, 3.8) is 0 Å². The molecule has 0 saturated carbocycles. The molecule has 4 amide bonds. The molecule has 38 heavy (non-hydrogen) atoms. The summed E-state index contributed by atoms with van der Waals surface area (Å²) in [5.41, 5.74) is 6.66. The fourth-order valence-corrected chi connectivity index (χ4v) is 4.65. The van der Waals surface area contributed by atoms with Crippen molar-refractivity contribution in [1.82, 2.24) is 15.1 Å². The zero-order valence-corrected chi connectivity index (χ0v) is 22.8. The number of Topliss-reactive ketones (excluding diaryl/α,β-unsaturated/α-hetero) is 1. The molecule has 12 heteroatoms. The van der Waals surface area contributed by atoms with Gasteiger partial charge >= 0.3 is 5.97 Å². The van der Waals surface area contributed by atoms with Gasteiger partial charge in [-0.05, 0) is 43.7 Å². The number of rotatable bonds is 15. The summed E-state index contributed by atoms with van der Waals surface area (Å²) < 4.78 is 0. The van der Waals surface area contributed by atoms with Crippen LogP contribution in [0.4, 0.5) is 0 Å². The lowest BCUT2D eigenvalue weighted by Gasteiger charge is -2.32. The predicted molar refractivity (Wildman–Crippen MR) is 143 cm³/mol. The number of fused-ring (bicyclic) bond motifs is 1. The van der Waals surface area contributed by atoms with Gasteiger partial charge in [0.25, 0.3) is 11.8 Å².